The molecule has 1 aliphatic carbocycles. The molecule has 3 rings (SSSR count). The first-order valence-corrected chi connectivity index (χ1v) is 11.6. The minimum Gasteiger partial charge on any atom is -0.335 e. The third-order valence-corrected chi connectivity index (χ3v) is 7.64. The van der Waals surface area contributed by atoms with E-state index in [1.807, 2.05) is 24.0 Å². The van der Waals surface area contributed by atoms with Gasteiger partial charge in [0, 0.05) is 32.2 Å². The number of hydrogen-bond donors (Lipinski definition) is 2. The number of sulfonamides is 1. The Bertz CT molecular complexity index is 857. The molecule has 0 atom stereocenters. The molecule has 2 fully saturated rings. The smallest absolute Gasteiger partial charge is 0.321 e. The normalized spacial score (nSPS) is 19.2. The molecule has 1 saturated heterocycles. The lowest BCUT2D eigenvalue weighted by molar-refractivity contribution is -0.121. The van der Waals surface area contributed by atoms with Crippen LogP contribution in [-0.2, 0) is 14.8 Å². The van der Waals surface area contributed by atoms with Gasteiger partial charge in [0.1, 0.15) is 0 Å². The van der Waals surface area contributed by atoms with Gasteiger partial charge >= 0.3 is 6.03 Å². The molecule has 160 valence electrons. The van der Waals surface area contributed by atoms with Crippen molar-refractivity contribution in [3.63, 3.8) is 0 Å². The lowest BCUT2D eigenvalue weighted by Crippen LogP contribution is -2.52. The Morgan fingerprint density at radius 3 is 2.38 bits per heavy atom. The first-order valence-electron chi connectivity index (χ1n) is 10.2. The second kappa shape index (κ2) is 9.23. The van der Waals surface area contributed by atoms with Gasteiger partial charge in [-0.1, -0.05) is 25.0 Å². The van der Waals surface area contributed by atoms with Crippen molar-refractivity contribution in [2.24, 2.45) is 0 Å². The van der Waals surface area contributed by atoms with Gasteiger partial charge in [-0.05, 0) is 43.9 Å². The molecule has 1 saturated carbocycles. The summed E-state index contributed by atoms with van der Waals surface area (Å²) in [4.78, 5) is 26.2. The zero-order valence-electron chi connectivity index (χ0n) is 17.1. The van der Waals surface area contributed by atoms with Gasteiger partial charge in [0.15, 0.2) is 0 Å². The highest BCUT2D eigenvalue weighted by Crippen LogP contribution is 2.22. The standard InChI is InChI=1S/C20H30N4O4S/c1-15-7-8-16(2)18(13-15)29(27,28)24-11-9-23(10-12-24)14-19(25)22-20(26)21-17-5-3-4-6-17/h7-8,13,17H,3-6,9-12,14H2,1-2H3,(H2,21,22,25,26). The van der Waals surface area contributed by atoms with Crippen molar-refractivity contribution < 1.29 is 18.0 Å². The van der Waals surface area contributed by atoms with Gasteiger partial charge in [0.2, 0.25) is 15.9 Å². The third-order valence-electron chi connectivity index (χ3n) is 5.60. The molecule has 3 amide bonds. The summed E-state index contributed by atoms with van der Waals surface area (Å²) in [5.74, 6) is -0.369. The van der Waals surface area contributed by atoms with Crippen LogP contribution in [0.1, 0.15) is 36.8 Å². The number of piperazine rings is 1. The molecule has 0 aromatic heterocycles. The van der Waals surface area contributed by atoms with Crippen molar-refractivity contribution in [3.05, 3.63) is 29.3 Å². The predicted octanol–water partition coefficient (Wildman–Crippen LogP) is 1.38. The molecular weight excluding hydrogens is 392 g/mol. The maximum atomic E-state index is 13.0. The second-order valence-electron chi connectivity index (χ2n) is 7.95. The average molecular weight is 423 g/mol. The van der Waals surface area contributed by atoms with Gasteiger partial charge in [-0.3, -0.25) is 15.0 Å². The first kappa shape index (κ1) is 21.7. The van der Waals surface area contributed by atoms with Gasteiger partial charge in [-0.15, -0.1) is 0 Å². The molecule has 1 aromatic carbocycles. The number of hydrogen-bond acceptors (Lipinski definition) is 5. The van der Waals surface area contributed by atoms with E-state index in [1.165, 1.54) is 4.31 Å². The number of nitrogens with zero attached hydrogens (tertiary/aromatic N) is 2. The van der Waals surface area contributed by atoms with Gasteiger partial charge in [0.05, 0.1) is 11.4 Å². The highest BCUT2D eigenvalue weighted by atomic mass is 32.2. The van der Waals surface area contributed by atoms with Crippen molar-refractivity contribution in [2.75, 3.05) is 32.7 Å². The van der Waals surface area contributed by atoms with Crippen molar-refractivity contribution in [1.29, 1.82) is 0 Å². The van der Waals surface area contributed by atoms with E-state index >= 15 is 0 Å². The highest BCUT2D eigenvalue weighted by Gasteiger charge is 2.30. The molecule has 1 aromatic rings. The van der Waals surface area contributed by atoms with E-state index in [0.717, 1.165) is 36.8 Å². The molecule has 8 nitrogen and oxygen atoms in total. The van der Waals surface area contributed by atoms with Crippen LogP contribution in [0.3, 0.4) is 0 Å². The molecule has 0 radical (unpaired) electrons. The number of urea groups is 1. The fourth-order valence-corrected chi connectivity index (χ4v) is 5.65. The molecule has 0 unspecified atom stereocenters. The lowest BCUT2D eigenvalue weighted by Gasteiger charge is -2.33. The number of rotatable bonds is 5. The molecular formula is C20H30N4O4S. The summed E-state index contributed by atoms with van der Waals surface area (Å²) in [5.41, 5.74) is 1.63. The molecule has 9 heteroatoms. The molecule has 1 heterocycles. The summed E-state index contributed by atoms with van der Waals surface area (Å²) in [6, 6.07) is 5.13. The number of amides is 3. The third kappa shape index (κ3) is 5.55. The second-order valence-corrected chi connectivity index (χ2v) is 9.86. The number of benzene rings is 1. The molecule has 2 N–H and O–H groups in total. The summed E-state index contributed by atoms with van der Waals surface area (Å²) < 4.78 is 27.4. The predicted molar refractivity (Wildman–Crippen MR) is 110 cm³/mol. The van der Waals surface area contributed by atoms with Crippen LogP contribution in [0.4, 0.5) is 4.79 Å². The molecule has 29 heavy (non-hydrogen) atoms. The van der Waals surface area contributed by atoms with Crippen molar-refractivity contribution >= 4 is 22.0 Å². The van der Waals surface area contributed by atoms with E-state index in [4.69, 9.17) is 0 Å². The van der Waals surface area contributed by atoms with Crippen molar-refractivity contribution in [1.82, 2.24) is 19.8 Å². The van der Waals surface area contributed by atoms with Crippen LogP contribution >= 0.6 is 0 Å². The van der Waals surface area contributed by atoms with Crippen LogP contribution in [0.25, 0.3) is 0 Å². The molecule has 2 aliphatic rings. The quantitative estimate of drug-likeness (QED) is 0.747. The summed E-state index contributed by atoms with van der Waals surface area (Å²) in [6.07, 6.45) is 4.12. The highest BCUT2D eigenvalue weighted by molar-refractivity contribution is 7.89. The van der Waals surface area contributed by atoms with E-state index < -0.39 is 16.1 Å². The Morgan fingerprint density at radius 2 is 1.72 bits per heavy atom. The van der Waals surface area contributed by atoms with Gasteiger partial charge in [0.25, 0.3) is 0 Å². The van der Waals surface area contributed by atoms with Crippen molar-refractivity contribution in [3.8, 4) is 0 Å². The van der Waals surface area contributed by atoms with Crippen LogP contribution < -0.4 is 10.6 Å². The largest absolute Gasteiger partial charge is 0.335 e. The van der Waals surface area contributed by atoms with E-state index in [-0.39, 0.29) is 18.5 Å². The monoisotopic (exact) mass is 422 g/mol. The number of carbonyl (C=O) groups excluding carboxylic acids is 2. The fourth-order valence-electron chi connectivity index (χ4n) is 3.91. The summed E-state index contributed by atoms with van der Waals surface area (Å²) >= 11 is 0. The average Bonchev–Trinajstić information content (AvgIpc) is 3.16. The maximum absolute atomic E-state index is 13.0. The lowest BCUT2D eigenvalue weighted by atomic mass is 10.2. The van der Waals surface area contributed by atoms with Crippen LogP contribution in [0, 0.1) is 13.8 Å². The Balaban J connectivity index is 1.49. The SMILES string of the molecule is Cc1ccc(C)c(S(=O)(=O)N2CCN(CC(=O)NC(=O)NC3CCCC3)CC2)c1. The van der Waals surface area contributed by atoms with Gasteiger partial charge < -0.3 is 5.32 Å². The maximum Gasteiger partial charge on any atom is 0.321 e. The number of imide groups is 1. The summed E-state index contributed by atoms with van der Waals surface area (Å²) in [6.45, 7) is 5.27. The van der Waals surface area contributed by atoms with Crippen molar-refractivity contribution in [2.45, 2.75) is 50.5 Å². The van der Waals surface area contributed by atoms with E-state index in [1.54, 1.807) is 13.0 Å². The molecule has 1 aliphatic heterocycles. The van der Waals surface area contributed by atoms with E-state index in [0.29, 0.717) is 31.1 Å². The minimum atomic E-state index is -3.56. The molecule has 0 bridgehead atoms. The Kier molecular flexibility index (Phi) is 6.92. The number of nitrogens with one attached hydrogen (secondary N) is 2. The Labute approximate surface area is 172 Å². The van der Waals surface area contributed by atoms with E-state index in [2.05, 4.69) is 10.6 Å². The number of carbonyl (C=O) groups is 2. The van der Waals surface area contributed by atoms with Gasteiger partial charge in [-0.25, -0.2) is 13.2 Å². The topological polar surface area (TPSA) is 98.8 Å². The zero-order chi connectivity index (χ0) is 21.0. The van der Waals surface area contributed by atoms with Crippen LogP contribution in [0.2, 0.25) is 0 Å². The van der Waals surface area contributed by atoms with E-state index in [9.17, 15) is 18.0 Å². The zero-order valence-corrected chi connectivity index (χ0v) is 17.9. The Morgan fingerprint density at radius 1 is 1.07 bits per heavy atom. The Hall–Kier alpha value is -1.97. The first-order chi connectivity index (χ1) is 13.8. The van der Waals surface area contributed by atoms with Crippen LogP contribution in [0.15, 0.2) is 23.1 Å². The van der Waals surface area contributed by atoms with Gasteiger partial charge in [-0.2, -0.15) is 4.31 Å². The molecule has 0 spiro atoms. The summed E-state index contributed by atoms with van der Waals surface area (Å²) in [5, 5.41) is 5.20. The summed E-state index contributed by atoms with van der Waals surface area (Å²) in [7, 11) is -3.56. The number of aryl methyl sites for hydroxylation is 2. The fraction of sp³-hybridized carbons (Fsp3) is 0.600. The van der Waals surface area contributed by atoms with Crippen LogP contribution in [-0.4, -0.2) is 68.3 Å². The van der Waals surface area contributed by atoms with Crippen LogP contribution in [0.5, 0.6) is 0 Å². The minimum absolute atomic E-state index is 0.0788.